The number of benzene rings is 1. The van der Waals surface area contributed by atoms with E-state index in [4.69, 9.17) is 0 Å². The van der Waals surface area contributed by atoms with Gasteiger partial charge >= 0.3 is 0 Å². The van der Waals surface area contributed by atoms with Crippen molar-refractivity contribution in [3.63, 3.8) is 0 Å². The number of nitrogens with zero attached hydrogens (tertiary/aromatic N) is 3. The van der Waals surface area contributed by atoms with Crippen LogP contribution in [0.25, 0.3) is 0 Å². The SMILES string of the molecule is CC(=O)Nc1cc(NC(C)=O)cc(C(=O)N2CCC(c3nc(C4CC4)n[nH]3)CC2)c1. The lowest BCUT2D eigenvalue weighted by Crippen LogP contribution is -2.38. The lowest BCUT2D eigenvalue weighted by molar-refractivity contribution is -0.115. The number of aromatic nitrogens is 3. The lowest BCUT2D eigenvalue weighted by atomic mass is 9.95. The molecule has 2 fully saturated rings. The Morgan fingerprint density at radius 3 is 2.07 bits per heavy atom. The van der Waals surface area contributed by atoms with Crippen LogP contribution in [-0.4, -0.2) is 50.9 Å². The van der Waals surface area contributed by atoms with Crippen LogP contribution >= 0.6 is 0 Å². The number of hydrogen-bond donors (Lipinski definition) is 3. The molecule has 1 aliphatic heterocycles. The molecular weight excluding hydrogens is 384 g/mol. The second-order valence-corrected chi connectivity index (χ2v) is 8.08. The summed E-state index contributed by atoms with van der Waals surface area (Å²) >= 11 is 0. The quantitative estimate of drug-likeness (QED) is 0.700. The van der Waals surface area contributed by atoms with Gasteiger partial charge in [0.15, 0.2) is 5.82 Å². The van der Waals surface area contributed by atoms with Gasteiger partial charge in [-0.15, -0.1) is 0 Å². The molecule has 4 rings (SSSR count). The Kier molecular flexibility index (Phi) is 5.52. The third kappa shape index (κ3) is 4.67. The number of aromatic amines is 1. The molecule has 1 aromatic carbocycles. The Bertz CT molecular complexity index is 939. The van der Waals surface area contributed by atoms with Crippen molar-refractivity contribution in [3.05, 3.63) is 35.4 Å². The van der Waals surface area contributed by atoms with Crippen molar-refractivity contribution in [2.24, 2.45) is 0 Å². The molecule has 9 heteroatoms. The van der Waals surface area contributed by atoms with Crippen molar-refractivity contribution in [2.45, 2.75) is 51.4 Å². The smallest absolute Gasteiger partial charge is 0.254 e. The van der Waals surface area contributed by atoms with Gasteiger partial charge in [-0.1, -0.05) is 0 Å². The van der Waals surface area contributed by atoms with Crippen molar-refractivity contribution in [3.8, 4) is 0 Å². The summed E-state index contributed by atoms with van der Waals surface area (Å²) in [5, 5.41) is 12.8. The zero-order valence-electron chi connectivity index (χ0n) is 17.2. The van der Waals surface area contributed by atoms with Gasteiger partial charge in [0, 0.05) is 55.7 Å². The summed E-state index contributed by atoms with van der Waals surface area (Å²) in [6.45, 7) is 4.02. The van der Waals surface area contributed by atoms with Crippen molar-refractivity contribution >= 4 is 29.1 Å². The summed E-state index contributed by atoms with van der Waals surface area (Å²) in [7, 11) is 0. The fraction of sp³-hybridized carbons (Fsp3) is 0.476. The Balaban J connectivity index is 1.44. The molecular formula is C21H26N6O3. The van der Waals surface area contributed by atoms with Crippen LogP contribution in [-0.2, 0) is 9.59 Å². The van der Waals surface area contributed by atoms with Crippen LogP contribution in [0.5, 0.6) is 0 Å². The first-order valence-corrected chi connectivity index (χ1v) is 10.3. The zero-order valence-corrected chi connectivity index (χ0v) is 17.2. The van der Waals surface area contributed by atoms with Crippen molar-refractivity contribution in [1.82, 2.24) is 20.1 Å². The van der Waals surface area contributed by atoms with E-state index >= 15 is 0 Å². The van der Waals surface area contributed by atoms with Gasteiger partial charge in [-0.3, -0.25) is 19.5 Å². The molecule has 1 saturated carbocycles. The van der Waals surface area contributed by atoms with Crippen molar-refractivity contribution in [2.75, 3.05) is 23.7 Å². The van der Waals surface area contributed by atoms with Gasteiger partial charge < -0.3 is 15.5 Å². The summed E-state index contributed by atoms with van der Waals surface area (Å²) in [4.78, 5) is 42.4. The first-order valence-electron chi connectivity index (χ1n) is 10.3. The number of amides is 3. The number of carbonyl (C=O) groups excluding carboxylic acids is 3. The van der Waals surface area contributed by atoms with Gasteiger partial charge in [0.2, 0.25) is 11.8 Å². The first-order chi connectivity index (χ1) is 14.4. The van der Waals surface area contributed by atoms with Crippen LogP contribution in [0.2, 0.25) is 0 Å². The molecule has 0 bridgehead atoms. The van der Waals surface area contributed by atoms with E-state index in [1.54, 1.807) is 23.1 Å². The van der Waals surface area contributed by atoms with Gasteiger partial charge in [-0.05, 0) is 43.9 Å². The number of nitrogens with one attached hydrogen (secondary N) is 3. The molecule has 3 N–H and O–H groups in total. The maximum absolute atomic E-state index is 13.1. The van der Waals surface area contributed by atoms with Crippen LogP contribution < -0.4 is 10.6 Å². The zero-order chi connectivity index (χ0) is 21.3. The Morgan fingerprint density at radius 1 is 0.933 bits per heavy atom. The number of likely N-dealkylation sites (tertiary alicyclic amines) is 1. The Labute approximate surface area is 174 Å². The predicted octanol–water partition coefficient (Wildman–Crippen LogP) is 2.62. The van der Waals surface area contributed by atoms with E-state index in [1.807, 2.05) is 0 Å². The lowest BCUT2D eigenvalue weighted by Gasteiger charge is -2.31. The van der Waals surface area contributed by atoms with E-state index in [-0.39, 0.29) is 23.6 Å². The third-order valence-electron chi connectivity index (χ3n) is 5.45. The maximum atomic E-state index is 13.1. The van der Waals surface area contributed by atoms with Crippen LogP contribution in [0.15, 0.2) is 18.2 Å². The Morgan fingerprint density at radius 2 is 1.53 bits per heavy atom. The van der Waals surface area contributed by atoms with Gasteiger partial charge in [-0.2, -0.15) is 5.10 Å². The van der Waals surface area contributed by atoms with Crippen LogP contribution in [0, 0.1) is 0 Å². The highest BCUT2D eigenvalue weighted by molar-refractivity contribution is 6.00. The molecule has 9 nitrogen and oxygen atoms in total. The summed E-state index contributed by atoms with van der Waals surface area (Å²) in [6.07, 6.45) is 3.97. The highest BCUT2D eigenvalue weighted by Gasteiger charge is 2.31. The van der Waals surface area contributed by atoms with E-state index in [1.165, 1.54) is 26.7 Å². The summed E-state index contributed by atoms with van der Waals surface area (Å²) in [6, 6.07) is 4.91. The first kappa shape index (κ1) is 20.1. The van der Waals surface area contributed by atoms with Gasteiger partial charge in [0.05, 0.1) is 0 Å². The molecule has 2 aromatic rings. The second kappa shape index (κ2) is 8.25. The number of carbonyl (C=O) groups is 3. The van der Waals surface area contributed by atoms with E-state index in [2.05, 4.69) is 25.8 Å². The molecule has 158 valence electrons. The predicted molar refractivity (Wildman–Crippen MR) is 111 cm³/mol. The number of rotatable bonds is 5. The monoisotopic (exact) mass is 410 g/mol. The molecule has 0 spiro atoms. The van der Waals surface area contributed by atoms with Gasteiger partial charge in [0.25, 0.3) is 5.91 Å². The average Bonchev–Trinajstić information content (AvgIpc) is 3.43. The molecule has 1 saturated heterocycles. The molecule has 30 heavy (non-hydrogen) atoms. The summed E-state index contributed by atoms with van der Waals surface area (Å²) in [5.41, 5.74) is 1.38. The van der Waals surface area contributed by atoms with E-state index in [0.29, 0.717) is 35.9 Å². The van der Waals surface area contributed by atoms with Gasteiger partial charge in [0.1, 0.15) is 5.82 Å². The number of anilines is 2. The van der Waals surface area contributed by atoms with Crippen molar-refractivity contribution in [1.29, 1.82) is 0 Å². The van der Waals surface area contributed by atoms with E-state index in [0.717, 1.165) is 24.5 Å². The fourth-order valence-corrected chi connectivity index (χ4v) is 3.84. The van der Waals surface area contributed by atoms with Gasteiger partial charge in [-0.25, -0.2) is 4.98 Å². The molecule has 1 aliphatic carbocycles. The number of hydrogen-bond acceptors (Lipinski definition) is 5. The third-order valence-corrected chi connectivity index (χ3v) is 5.45. The normalized spacial score (nSPS) is 16.9. The van der Waals surface area contributed by atoms with Crippen LogP contribution in [0.1, 0.15) is 73.4 Å². The van der Waals surface area contributed by atoms with Crippen molar-refractivity contribution < 1.29 is 14.4 Å². The molecule has 3 amide bonds. The minimum absolute atomic E-state index is 0.122. The Hall–Kier alpha value is -3.23. The minimum atomic E-state index is -0.244. The summed E-state index contributed by atoms with van der Waals surface area (Å²) in [5.74, 6) is 2.02. The topological polar surface area (TPSA) is 120 Å². The molecule has 1 aromatic heterocycles. The second-order valence-electron chi connectivity index (χ2n) is 8.08. The highest BCUT2D eigenvalue weighted by atomic mass is 16.2. The van der Waals surface area contributed by atoms with E-state index < -0.39 is 0 Å². The minimum Gasteiger partial charge on any atom is -0.339 e. The van der Waals surface area contributed by atoms with Crippen LogP contribution in [0.3, 0.4) is 0 Å². The average molecular weight is 410 g/mol. The molecule has 0 unspecified atom stereocenters. The number of H-pyrrole nitrogens is 1. The molecule has 0 atom stereocenters. The fourth-order valence-electron chi connectivity index (χ4n) is 3.84. The maximum Gasteiger partial charge on any atom is 0.254 e. The largest absolute Gasteiger partial charge is 0.339 e. The molecule has 2 heterocycles. The molecule has 0 radical (unpaired) electrons. The highest BCUT2D eigenvalue weighted by Crippen LogP contribution is 2.38. The standard InChI is InChI=1S/C21H26N6O3/c1-12(28)22-17-9-16(10-18(11-17)23-13(2)29)21(30)27-7-5-15(6-8-27)20-24-19(25-26-20)14-3-4-14/h9-11,14-15H,3-8H2,1-2H3,(H,22,28)(H,23,29)(H,24,25,26). The van der Waals surface area contributed by atoms with E-state index in [9.17, 15) is 14.4 Å². The number of piperidine rings is 1. The molecule has 2 aliphatic rings. The van der Waals surface area contributed by atoms with Crippen LogP contribution in [0.4, 0.5) is 11.4 Å². The summed E-state index contributed by atoms with van der Waals surface area (Å²) < 4.78 is 0.